The first-order valence-corrected chi connectivity index (χ1v) is 5.18. The van der Waals surface area contributed by atoms with Gasteiger partial charge in [-0.25, -0.2) is 0 Å². The minimum absolute atomic E-state index is 0.303. The molecule has 0 spiro atoms. The van der Waals surface area contributed by atoms with E-state index in [9.17, 15) is 4.79 Å². The van der Waals surface area contributed by atoms with E-state index in [1.807, 2.05) is 23.6 Å². The first-order valence-electron chi connectivity index (χ1n) is 4.13. The molecule has 1 fully saturated rings. The molecule has 0 aromatic rings. The van der Waals surface area contributed by atoms with Crippen molar-refractivity contribution >= 4 is 17.7 Å². The van der Waals surface area contributed by atoms with E-state index < -0.39 is 0 Å². The van der Waals surface area contributed by atoms with Crippen LogP contribution in [0.5, 0.6) is 0 Å². The molecule has 1 amide bonds. The summed E-state index contributed by atoms with van der Waals surface area (Å²) >= 11 is 1.96. The maximum absolute atomic E-state index is 11.2. The van der Waals surface area contributed by atoms with Crippen LogP contribution in [0.4, 0.5) is 0 Å². The molecule has 64 valence electrons. The van der Waals surface area contributed by atoms with E-state index in [-0.39, 0.29) is 0 Å². The van der Waals surface area contributed by atoms with Gasteiger partial charge in [-0.3, -0.25) is 4.79 Å². The largest absolute Gasteiger partial charge is 0.341 e. The third-order valence-corrected chi connectivity index (χ3v) is 3.03. The summed E-state index contributed by atoms with van der Waals surface area (Å²) in [5.41, 5.74) is 0. The molecular weight excluding hydrogens is 158 g/mol. The first-order chi connectivity index (χ1) is 5.24. The van der Waals surface area contributed by atoms with Crippen molar-refractivity contribution in [3.8, 4) is 0 Å². The summed E-state index contributed by atoms with van der Waals surface area (Å²) in [6.07, 6.45) is 0.650. The van der Waals surface area contributed by atoms with Gasteiger partial charge in [0.05, 0.1) is 0 Å². The monoisotopic (exact) mass is 173 g/mol. The molecule has 1 rings (SSSR count). The molecule has 0 aromatic heterocycles. The van der Waals surface area contributed by atoms with Crippen LogP contribution in [0, 0.1) is 0 Å². The number of carbonyl (C=O) groups is 1. The molecule has 0 aliphatic carbocycles. The zero-order valence-corrected chi connectivity index (χ0v) is 7.99. The van der Waals surface area contributed by atoms with Crippen molar-refractivity contribution in [2.45, 2.75) is 25.5 Å². The Labute approximate surface area is 72.3 Å². The van der Waals surface area contributed by atoms with E-state index in [0.29, 0.717) is 17.6 Å². The molecule has 0 saturated carbocycles. The Kier molecular flexibility index (Phi) is 3.24. The third kappa shape index (κ3) is 2.40. The zero-order chi connectivity index (χ0) is 8.27. The predicted molar refractivity (Wildman–Crippen MR) is 48.8 cm³/mol. The Morgan fingerprint density at radius 1 is 1.73 bits per heavy atom. The number of thioether (sulfide) groups is 1. The van der Waals surface area contributed by atoms with Crippen molar-refractivity contribution < 1.29 is 4.79 Å². The summed E-state index contributed by atoms with van der Waals surface area (Å²) in [6.45, 7) is 5.99. The van der Waals surface area contributed by atoms with Gasteiger partial charge in [0.15, 0.2) is 0 Å². The summed E-state index contributed by atoms with van der Waals surface area (Å²) in [7, 11) is 0. The van der Waals surface area contributed by atoms with Crippen LogP contribution in [-0.2, 0) is 4.79 Å². The average molecular weight is 173 g/mol. The Bertz CT molecular complexity index is 149. The quantitative estimate of drug-likeness (QED) is 0.597. The predicted octanol–water partition coefficient (Wildman–Crippen LogP) is 1.36. The van der Waals surface area contributed by atoms with Crippen LogP contribution in [0.15, 0.2) is 0 Å². The topological polar surface area (TPSA) is 20.3 Å². The highest BCUT2D eigenvalue weighted by Gasteiger charge is 2.19. The van der Waals surface area contributed by atoms with E-state index in [4.69, 9.17) is 0 Å². The number of hydrogen-bond donors (Lipinski definition) is 0. The van der Waals surface area contributed by atoms with Gasteiger partial charge in [0.2, 0.25) is 5.91 Å². The Hall–Kier alpha value is -0.180. The van der Waals surface area contributed by atoms with E-state index >= 15 is 0 Å². The second kappa shape index (κ2) is 4.00. The van der Waals surface area contributed by atoms with E-state index in [2.05, 4.69) is 6.92 Å². The van der Waals surface area contributed by atoms with Gasteiger partial charge in [-0.15, -0.1) is 0 Å². The second-order valence-electron chi connectivity index (χ2n) is 2.87. The Morgan fingerprint density at radius 2 is 2.45 bits per heavy atom. The van der Waals surface area contributed by atoms with E-state index in [1.54, 1.807) is 0 Å². The van der Waals surface area contributed by atoms with Crippen molar-refractivity contribution in [2.75, 3.05) is 18.8 Å². The van der Waals surface area contributed by atoms with Crippen LogP contribution >= 0.6 is 11.8 Å². The maximum atomic E-state index is 11.2. The average Bonchev–Trinajstić information content (AvgIpc) is 2.03. The lowest BCUT2D eigenvalue weighted by atomic mass is 10.3. The van der Waals surface area contributed by atoms with Crippen LogP contribution in [-0.4, -0.2) is 34.9 Å². The first kappa shape index (κ1) is 8.91. The third-order valence-electron chi connectivity index (χ3n) is 1.90. The summed E-state index contributed by atoms with van der Waals surface area (Å²) in [6, 6.07) is 0. The molecule has 1 aliphatic rings. The molecule has 0 aromatic carbocycles. The fourth-order valence-electron chi connectivity index (χ4n) is 1.27. The van der Waals surface area contributed by atoms with Gasteiger partial charge in [0.1, 0.15) is 0 Å². The molecule has 2 nitrogen and oxygen atoms in total. The van der Waals surface area contributed by atoms with Crippen LogP contribution in [0.25, 0.3) is 0 Å². The van der Waals surface area contributed by atoms with Crippen LogP contribution in [0.3, 0.4) is 0 Å². The van der Waals surface area contributed by atoms with E-state index in [0.717, 1.165) is 18.8 Å². The van der Waals surface area contributed by atoms with Crippen LogP contribution in [0.1, 0.15) is 20.3 Å². The van der Waals surface area contributed by atoms with Crippen LogP contribution in [0.2, 0.25) is 0 Å². The normalized spacial score (nSPS) is 25.3. The lowest BCUT2D eigenvalue weighted by Crippen LogP contribution is -2.40. The minimum atomic E-state index is 0.303. The van der Waals surface area contributed by atoms with Crippen molar-refractivity contribution in [1.29, 1.82) is 0 Å². The Morgan fingerprint density at radius 3 is 3.00 bits per heavy atom. The fraction of sp³-hybridized carbons (Fsp3) is 0.875. The maximum Gasteiger partial charge on any atom is 0.222 e. The van der Waals surface area contributed by atoms with Gasteiger partial charge in [0.25, 0.3) is 0 Å². The lowest BCUT2D eigenvalue weighted by Gasteiger charge is -2.30. The molecule has 1 saturated heterocycles. The van der Waals surface area contributed by atoms with Crippen LogP contribution < -0.4 is 0 Å². The molecule has 0 radical (unpaired) electrons. The molecule has 11 heavy (non-hydrogen) atoms. The number of carbonyl (C=O) groups excluding carboxylic acids is 1. The fourth-order valence-corrected chi connectivity index (χ4v) is 2.28. The number of rotatable bonds is 1. The van der Waals surface area contributed by atoms with Gasteiger partial charge in [0, 0.05) is 30.5 Å². The summed E-state index contributed by atoms with van der Waals surface area (Å²) in [4.78, 5) is 13.2. The SMILES string of the molecule is CCC(=O)N1CCSC(C)C1. The molecular formula is C8H15NOS. The van der Waals surface area contributed by atoms with Gasteiger partial charge < -0.3 is 4.90 Å². The highest BCUT2D eigenvalue weighted by molar-refractivity contribution is 7.99. The zero-order valence-electron chi connectivity index (χ0n) is 7.17. The molecule has 0 bridgehead atoms. The van der Waals surface area contributed by atoms with Crippen molar-refractivity contribution in [3.63, 3.8) is 0 Å². The summed E-state index contributed by atoms with van der Waals surface area (Å²) in [5, 5.41) is 0.624. The summed E-state index contributed by atoms with van der Waals surface area (Å²) < 4.78 is 0. The molecule has 3 heteroatoms. The van der Waals surface area contributed by atoms with Gasteiger partial charge in [-0.1, -0.05) is 13.8 Å². The smallest absolute Gasteiger partial charge is 0.222 e. The van der Waals surface area contributed by atoms with Gasteiger partial charge in [-0.2, -0.15) is 11.8 Å². The number of nitrogens with zero attached hydrogens (tertiary/aromatic N) is 1. The minimum Gasteiger partial charge on any atom is -0.341 e. The highest BCUT2D eigenvalue weighted by atomic mass is 32.2. The Balaban J connectivity index is 2.39. The highest BCUT2D eigenvalue weighted by Crippen LogP contribution is 2.17. The molecule has 1 atom stereocenters. The van der Waals surface area contributed by atoms with Gasteiger partial charge >= 0.3 is 0 Å². The standard InChI is InChI=1S/C8H15NOS/c1-3-8(10)9-4-5-11-7(2)6-9/h7H,3-6H2,1-2H3. The molecule has 1 heterocycles. The number of hydrogen-bond acceptors (Lipinski definition) is 2. The molecule has 1 aliphatic heterocycles. The van der Waals surface area contributed by atoms with Crippen molar-refractivity contribution in [1.82, 2.24) is 4.90 Å². The second-order valence-corrected chi connectivity index (χ2v) is 4.42. The number of amides is 1. The van der Waals surface area contributed by atoms with Gasteiger partial charge in [-0.05, 0) is 0 Å². The van der Waals surface area contributed by atoms with Crippen molar-refractivity contribution in [3.05, 3.63) is 0 Å². The van der Waals surface area contributed by atoms with E-state index in [1.165, 1.54) is 0 Å². The van der Waals surface area contributed by atoms with Crippen molar-refractivity contribution in [2.24, 2.45) is 0 Å². The molecule has 0 N–H and O–H groups in total. The summed E-state index contributed by atoms with van der Waals surface area (Å²) in [5.74, 6) is 1.41. The molecule has 1 unspecified atom stereocenters. The lowest BCUT2D eigenvalue weighted by molar-refractivity contribution is -0.130.